The van der Waals surface area contributed by atoms with E-state index in [9.17, 15) is 4.79 Å². The van der Waals surface area contributed by atoms with Gasteiger partial charge in [0, 0.05) is 19.3 Å². The van der Waals surface area contributed by atoms with Gasteiger partial charge in [-0.1, -0.05) is 13.8 Å². The van der Waals surface area contributed by atoms with E-state index in [-0.39, 0.29) is 5.56 Å². The molecule has 1 aromatic carbocycles. The van der Waals surface area contributed by atoms with Crippen LogP contribution in [0.1, 0.15) is 30.6 Å². The van der Waals surface area contributed by atoms with E-state index in [2.05, 4.69) is 13.8 Å². The molecule has 1 rings (SSSR count). The quantitative estimate of drug-likeness (QED) is 0.771. The van der Waals surface area contributed by atoms with E-state index in [4.69, 9.17) is 10.8 Å². The minimum absolute atomic E-state index is 0.260. The molecule has 4 heteroatoms. The molecule has 17 heavy (non-hydrogen) atoms. The molecule has 0 atom stereocenters. The van der Waals surface area contributed by atoms with Crippen molar-refractivity contribution < 1.29 is 9.90 Å². The van der Waals surface area contributed by atoms with Crippen molar-refractivity contribution in [1.82, 2.24) is 0 Å². The number of carbonyl (C=O) groups is 1. The number of nitrogens with two attached hydrogens (primary N) is 1. The maximum atomic E-state index is 11.1. The molecule has 0 aromatic heterocycles. The van der Waals surface area contributed by atoms with E-state index < -0.39 is 5.97 Å². The van der Waals surface area contributed by atoms with Gasteiger partial charge in [0.25, 0.3) is 0 Å². The van der Waals surface area contributed by atoms with Gasteiger partial charge in [-0.15, -0.1) is 0 Å². The lowest BCUT2D eigenvalue weighted by Gasteiger charge is -2.22. The average molecular weight is 236 g/mol. The van der Waals surface area contributed by atoms with E-state index in [1.807, 2.05) is 11.9 Å². The standard InChI is InChI=1S/C13H20N2O2/c1-9(2)6-7-15(3)12-5-4-10(14)8-11(12)13(16)17/h4-5,8-9H,6-7,14H2,1-3H3,(H,16,17). The third-order valence-electron chi connectivity index (χ3n) is 2.70. The number of aromatic carboxylic acids is 1. The second-order valence-corrected chi connectivity index (χ2v) is 4.69. The predicted molar refractivity (Wildman–Crippen MR) is 70.5 cm³/mol. The summed E-state index contributed by atoms with van der Waals surface area (Å²) in [5.41, 5.74) is 7.06. The van der Waals surface area contributed by atoms with Crippen LogP contribution in [0.3, 0.4) is 0 Å². The summed E-state index contributed by atoms with van der Waals surface area (Å²) < 4.78 is 0. The molecule has 3 N–H and O–H groups in total. The molecule has 0 unspecified atom stereocenters. The first-order chi connectivity index (χ1) is 7.91. The van der Waals surface area contributed by atoms with Crippen molar-refractivity contribution in [2.75, 3.05) is 24.2 Å². The summed E-state index contributed by atoms with van der Waals surface area (Å²) in [4.78, 5) is 13.1. The van der Waals surface area contributed by atoms with Crippen LogP contribution in [0.15, 0.2) is 18.2 Å². The first-order valence-corrected chi connectivity index (χ1v) is 5.75. The van der Waals surface area contributed by atoms with Gasteiger partial charge in [0.2, 0.25) is 0 Å². The molecule has 0 amide bonds. The Morgan fingerprint density at radius 1 is 1.47 bits per heavy atom. The summed E-state index contributed by atoms with van der Waals surface area (Å²) in [6, 6.07) is 5.00. The molecule has 0 aliphatic carbocycles. The highest BCUT2D eigenvalue weighted by Gasteiger charge is 2.13. The molecule has 0 spiro atoms. The van der Waals surface area contributed by atoms with Crippen LogP contribution in [0.4, 0.5) is 11.4 Å². The van der Waals surface area contributed by atoms with Crippen LogP contribution in [0.2, 0.25) is 0 Å². The molecule has 0 heterocycles. The van der Waals surface area contributed by atoms with Crippen LogP contribution >= 0.6 is 0 Å². The summed E-state index contributed by atoms with van der Waals surface area (Å²) in [5, 5.41) is 9.13. The Hall–Kier alpha value is -1.71. The Morgan fingerprint density at radius 3 is 2.65 bits per heavy atom. The van der Waals surface area contributed by atoms with Gasteiger partial charge in [-0.25, -0.2) is 4.79 Å². The van der Waals surface area contributed by atoms with E-state index in [0.29, 0.717) is 17.3 Å². The van der Waals surface area contributed by atoms with Crippen molar-refractivity contribution in [2.24, 2.45) is 5.92 Å². The molecule has 94 valence electrons. The predicted octanol–water partition coefficient (Wildman–Crippen LogP) is 2.45. The second-order valence-electron chi connectivity index (χ2n) is 4.69. The van der Waals surface area contributed by atoms with Crippen molar-refractivity contribution in [3.05, 3.63) is 23.8 Å². The van der Waals surface area contributed by atoms with Gasteiger partial charge in [-0.05, 0) is 30.5 Å². The third kappa shape index (κ3) is 3.66. The Balaban J connectivity index is 2.92. The maximum Gasteiger partial charge on any atom is 0.337 e. The molecule has 0 fully saturated rings. The summed E-state index contributed by atoms with van der Waals surface area (Å²) >= 11 is 0. The van der Waals surface area contributed by atoms with Gasteiger partial charge in [0.1, 0.15) is 0 Å². The summed E-state index contributed by atoms with van der Waals surface area (Å²) in [5.74, 6) is -0.344. The van der Waals surface area contributed by atoms with E-state index in [1.165, 1.54) is 6.07 Å². The SMILES string of the molecule is CC(C)CCN(C)c1ccc(N)cc1C(=O)O. The molecular formula is C13H20N2O2. The van der Waals surface area contributed by atoms with Crippen LogP contribution in [0.5, 0.6) is 0 Å². The van der Waals surface area contributed by atoms with E-state index >= 15 is 0 Å². The van der Waals surface area contributed by atoms with Crippen LogP contribution < -0.4 is 10.6 Å². The highest BCUT2D eigenvalue weighted by molar-refractivity contribution is 5.95. The Kier molecular flexibility index (Phi) is 4.37. The van der Waals surface area contributed by atoms with E-state index in [1.54, 1.807) is 12.1 Å². The molecule has 0 saturated heterocycles. The number of anilines is 2. The Labute approximate surface area is 102 Å². The molecule has 4 nitrogen and oxygen atoms in total. The monoisotopic (exact) mass is 236 g/mol. The van der Waals surface area contributed by atoms with Crippen molar-refractivity contribution >= 4 is 17.3 Å². The van der Waals surface area contributed by atoms with Crippen LogP contribution in [0.25, 0.3) is 0 Å². The fourth-order valence-electron chi connectivity index (χ4n) is 1.63. The van der Waals surface area contributed by atoms with Gasteiger partial charge >= 0.3 is 5.97 Å². The van der Waals surface area contributed by atoms with Gasteiger partial charge in [0.05, 0.1) is 11.3 Å². The first-order valence-electron chi connectivity index (χ1n) is 5.75. The summed E-state index contributed by atoms with van der Waals surface area (Å²) in [6.45, 7) is 5.13. The molecule has 0 aliphatic heterocycles. The third-order valence-corrected chi connectivity index (χ3v) is 2.70. The maximum absolute atomic E-state index is 11.1. The van der Waals surface area contributed by atoms with Gasteiger partial charge in [-0.3, -0.25) is 0 Å². The lowest BCUT2D eigenvalue weighted by molar-refractivity contribution is 0.0697. The fraction of sp³-hybridized carbons (Fsp3) is 0.462. The molecule has 0 saturated carbocycles. The molecule has 0 bridgehead atoms. The van der Waals surface area contributed by atoms with Crippen molar-refractivity contribution in [3.8, 4) is 0 Å². The molecular weight excluding hydrogens is 216 g/mol. The van der Waals surface area contributed by atoms with Gasteiger partial charge in [0.15, 0.2) is 0 Å². The number of nitrogens with zero attached hydrogens (tertiary/aromatic N) is 1. The van der Waals surface area contributed by atoms with Crippen LogP contribution in [0, 0.1) is 5.92 Å². The topological polar surface area (TPSA) is 66.6 Å². The average Bonchev–Trinajstić information content (AvgIpc) is 2.25. The zero-order chi connectivity index (χ0) is 13.0. The largest absolute Gasteiger partial charge is 0.478 e. The smallest absolute Gasteiger partial charge is 0.337 e. The zero-order valence-electron chi connectivity index (χ0n) is 10.6. The number of rotatable bonds is 5. The number of hydrogen-bond donors (Lipinski definition) is 2. The lowest BCUT2D eigenvalue weighted by atomic mass is 10.1. The number of carboxylic acid groups (broad SMARTS) is 1. The van der Waals surface area contributed by atoms with Crippen molar-refractivity contribution in [2.45, 2.75) is 20.3 Å². The normalized spacial score (nSPS) is 10.6. The highest BCUT2D eigenvalue weighted by Crippen LogP contribution is 2.22. The van der Waals surface area contributed by atoms with Crippen LogP contribution in [-0.2, 0) is 0 Å². The lowest BCUT2D eigenvalue weighted by Crippen LogP contribution is -2.22. The van der Waals surface area contributed by atoms with Crippen LogP contribution in [-0.4, -0.2) is 24.7 Å². The number of nitrogen functional groups attached to an aromatic ring is 1. The zero-order valence-corrected chi connectivity index (χ0v) is 10.6. The first kappa shape index (κ1) is 13.4. The molecule has 0 radical (unpaired) electrons. The number of benzene rings is 1. The summed E-state index contributed by atoms with van der Waals surface area (Å²) in [6.07, 6.45) is 1.03. The van der Waals surface area contributed by atoms with Gasteiger partial charge < -0.3 is 15.7 Å². The minimum Gasteiger partial charge on any atom is -0.478 e. The fourth-order valence-corrected chi connectivity index (χ4v) is 1.63. The molecule has 1 aromatic rings. The minimum atomic E-state index is -0.941. The Morgan fingerprint density at radius 2 is 2.12 bits per heavy atom. The van der Waals surface area contributed by atoms with Gasteiger partial charge in [-0.2, -0.15) is 0 Å². The van der Waals surface area contributed by atoms with Crippen molar-refractivity contribution in [3.63, 3.8) is 0 Å². The van der Waals surface area contributed by atoms with Crippen molar-refractivity contribution in [1.29, 1.82) is 0 Å². The Bertz CT molecular complexity index is 402. The number of hydrogen-bond acceptors (Lipinski definition) is 3. The highest BCUT2D eigenvalue weighted by atomic mass is 16.4. The molecule has 0 aliphatic rings. The number of carboxylic acids is 1. The van der Waals surface area contributed by atoms with E-state index in [0.717, 1.165) is 13.0 Å². The summed E-state index contributed by atoms with van der Waals surface area (Å²) in [7, 11) is 1.90. The second kappa shape index (κ2) is 5.57.